The van der Waals surface area contributed by atoms with Crippen LogP contribution in [-0.2, 0) is 0 Å². The smallest absolute Gasteiger partial charge is 0.137 e. The van der Waals surface area contributed by atoms with Crippen molar-refractivity contribution in [2.45, 2.75) is 0 Å². The van der Waals surface area contributed by atoms with Gasteiger partial charge < -0.3 is 9.64 Å². The van der Waals surface area contributed by atoms with Crippen molar-refractivity contribution < 1.29 is 4.74 Å². The Balaban J connectivity index is 1.12. The minimum Gasteiger partial charge on any atom is -0.456 e. The SMILES string of the molecule is c1ccc(-c2ccc(-c3ccc4c(c3)-c3cc(-c5ccccc5)ccc3Oc3cccc(N(c5ccc(-c6ccccc6)cc5)c5ccc6ccccc6c5)c3-4)cc2)cc1. The van der Waals surface area contributed by atoms with Crippen LogP contribution in [0, 0.1) is 0 Å². The average molecular weight is 766 g/mol. The second-order valence-electron chi connectivity index (χ2n) is 15.3. The molecule has 1 aliphatic heterocycles. The molecule has 282 valence electrons. The third-order valence-electron chi connectivity index (χ3n) is 11.7. The van der Waals surface area contributed by atoms with Crippen molar-refractivity contribution in [3.8, 4) is 78.3 Å². The fraction of sp³-hybridized carbons (Fsp3) is 0. The lowest BCUT2D eigenvalue weighted by molar-refractivity contribution is 0.488. The summed E-state index contributed by atoms with van der Waals surface area (Å²) in [6.45, 7) is 0. The summed E-state index contributed by atoms with van der Waals surface area (Å²) in [5, 5.41) is 2.39. The van der Waals surface area contributed by atoms with Crippen LogP contribution in [0.15, 0.2) is 237 Å². The van der Waals surface area contributed by atoms with Gasteiger partial charge in [-0.1, -0.05) is 182 Å². The van der Waals surface area contributed by atoms with Crippen LogP contribution in [0.25, 0.3) is 77.5 Å². The Morgan fingerprint density at radius 2 is 0.750 bits per heavy atom. The van der Waals surface area contributed by atoms with E-state index in [2.05, 4.69) is 241 Å². The van der Waals surface area contributed by atoms with Gasteiger partial charge in [-0.2, -0.15) is 0 Å². The topological polar surface area (TPSA) is 12.5 Å². The van der Waals surface area contributed by atoms with E-state index in [1.165, 1.54) is 38.6 Å². The lowest BCUT2D eigenvalue weighted by Crippen LogP contribution is -2.11. The maximum Gasteiger partial charge on any atom is 0.137 e. The van der Waals surface area contributed by atoms with Crippen molar-refractivity contribution in [2.24, 2.45) is 0 Å². The lowest BCUT2D eigenvalue weighted by Gasteiger charge is -2.29. The number of anilines is 3. The Labute approximate surface area is 350 Å². The summed E-state index contributed by atoms with van der Waals surface area (Å²) in [6.07, 6.45) is 0. The van der Waals surface area contributed by atoms with Crippen LogP contribution in [0.3, 0.4) is 0 Å². The third-order valence-corrected chi connectivity index (χ3v) is 11.7. The van der Waals surface area contributed by atoms with Gasteiger partial charge >= 0.3 is 0 Å². The first-order valence-electron chi connectivity index (χ1n) is 20.5. The van der Waals surface area contributed by atoms with Gasteiger partial charge in [-0.05, 0) is 121 Å². The zero-order valence-electron chi connectivity index (χ0n) is 32.9. The summed E-state index contributed by atoms with van der Waals surface area (Å²) in [7, 11) is 0. The minimum atomic E-state index is 0.812. The van der Waals surface area contributed by atoms with E-state index in [1.807, 2.05) is 0 Å². The van der Waals surface area contributed by atoms with E-state index in [0.29, 0.717) is 0 Å². The van der Waals surface area contributed by atoms with Gasteiger partial charge in [0.2, 0.25) is 0 Å². The fourth-order valence-electron chi connectivity index (χ4n) is 8.65. The van der Waals surface area contributed by atoms with E-state index < -0.39 is 0 Å². The zero-order chi connectivity index (χ0) is 39.8. The molecule has 0 saturated carbocycles. The second-order valence-corrected chi connectivity index (χ2v) is 15.3. The normalized spacial score (nSPS) is 11.5. The van der Waals surface area contributed by atoms with Crippen LogP contribution in [0.2, 0.25) is 0 Å². The Bertz CT molecular complexity index is 3140. The number of rotatable bonds is 7. The van der Waals surface area contributed by atoms with E-state index in [1.54, 1.807) is 0 Å². The van der Waals surface area contributed by atoms with E-state index in [-0.39, 0.29) is 0 Å². The van der Waals surface area contributed by atoms with E-state index >= 15 is 0 Å². The molecule has 0 unspecified atom stereocenters. The summed E-state index contributed by atoms with van der Waals surface area (Å²) in [4.78, 5) is 2.38. The molecule has 0 amide bonds. The minimum absolute atomic E-state index is 0.812. The number of hydrogen-bond donors (Lipinski definition) is 0. The molecule has 1 aliphatic rings. The molecular weight excluding hydrogens is 727 g/mol. The molecule has 11 rings (SSSR count). The zero-order valence-corrected chi connectivity index (χ0v) is 32.9. The van der Waals surface area contributed by atoms with Crippen molar-refractivity contribution in [1.82, 2.24) is 0 Å². The summed E-state index contributed by atoms with van der Waals surface area (Å²) >= 11 is 0. The van der Waals surface area contributed by atoms with Crippen molar-refractivity contribution >= 4 is 27.8 Å². The largest absolute Gasteiger partial charge is 0.456 e. The van der Waals surface area contributed by atoms with Crippen molar-refractivity contribution in [1.29, 1.82) is 0 Å². The Morgan fingerprint density at radius 1 is 0.267 bits per heavy atom. The second kappa shape index (κ2) is 15.1. The van der Waals surface area contributed by atoms with Crippen LogP contribution in [0.4, 0.5) is 17.1 Å². The van der Waals surface area contributed by atoms with Crippen molar-refractivity contribution in [3.63, 3.8) is 0 Å². The predicted octanol–water partition coefficient (Wildman–Crippen LogP) is 16.4. The molecule has 0 N–H and O–H groups in total. The van der Waals surface area contributed by atoms with Crippen LogP contribution >= 0.6 is 0 Å². The van der Waals surface area contributed by atoms with Gasteiger partial charge in [0.15, 0.2) is 0 Å². The monoisotopic (exact) mass is 765 g/mol. The molecular formula is C58H39NO. The maximum absolute atomic E-state index is 7.07. The quantitative estimate of drug-likeness (QED) is 0.160. The van der Waals surface area contributed by atoms with E-state index in [4.69, 9.17) is 4.74 Å². The number of nitrogens with zero attached hydrogens (tertiary/aromatic N) is 1. The Hall–Kier alpha value is -7.94. The molecule has 0 aromatic heterocycles. The molecule has 0 bridgehead atoms. The molecule has 0 radical (unpaired) electrons. The van der Waals surface area contributed by atoms with Gasteiger partial charge in [0.05, 0.1) is 5.69 Å². The van der Waals surface area contributed by atoms with Gasteiger partial charge in [-0.15, -0.1) is 0 Å². The molecule has 0 atom stereocenters. The van der Waals surface area contributed by atoms with Gasteiger partial charge in [0, 0.05) is 22.5 Å². The molecule has 10 aromatic carbocycles. The highest BCUT2D eigenvalue weighted by Gasteiger charge is 2.28. The van der Waals surface area contributed by atoms with E-state index in [9.17, 15) is 0 Å². The van der Waals surface area contributed by atoms with Gasteiger partial charge in [0.25, 0.3) is 0 Å². The van der Waals surface area contributed by atoms with Gasteiger partial charge in [-0.25, -0.2) is 0 Å². The number of fused-ring (bicyclic) bond motifs is 6. The number of benzene rings is 10. The number of hydrogen-bond acceptors (Lipinski definition) is 2. The molecule has 2 heteroatoms. The highest BCUT2D eigenvalue weighted by atomic mass is 16.5. The maximum atomic E-state index is 7.07. The molecule has 0 fully saturated rings. The first kappa shape index (κ1) is 35.2. The molecule has 2 nitrogen and oxygen atoms in total. The Kier molecular flexibility index (Phi) is 8.87. The highest BCUT2D eigenvalue weighted by molar-refractivity contribution is 6.01. The predicted molar refractivity (Wildman–Crippen MR) is 251 cm³/mol. The third kappa shape index (κ3) is 6.51. The fourth-order valence-corrected chi connectivity index (χ4v) is 8.65. The molecule has 60 heavy (non-hydrogen) atoms. The van der Waals surface area contributed by atoms with Crippen LogP contribution < -0.4 is 9.64 Å². The number of ether oxygens (including phenoxy) is 1. The van der Waals surface area contributed by atoms with E-state index in [0.717, 1.165) is 67.5 Å². The van der Waals surface area contributed by atoms with Crippen LogP contribution in [-0.4, -0.2) is 0 Å². The van der Waals surface area contributed by atoms with Crippen LogP contribution in [0.5, 0.6) is 11.5 Å². The first-order chi connectivity index (χ1) is 29.7. The lowest BCUT2D eigenvalue weighted by atomic mass is 9.88. The van der Waals surface area contributed by atoms with Crippen molar-refractivity contribution in [3.05, 3.63) is 237 Å². The van der Waals surface area contributed by atoms with Crippen LogP contribution in [0.1, 0.15) is 0 Å². The first-order valence-corrected chi connectivity index (χ1v) is 20.5. The van der Waals surface area contributed by atoms with Gasteiger partial charge in [0.1, 0.15) is 11.5 Å². The summed E-state index contributed by atoms with van der Waals surface area (Å²) in [6, 6.07) is 84.8. The molecule has 0 aliphatic carbocycles. The standard InChI is InChI=1S/C58H39NO/c1-4-13-40(14-5-1)44-23-25-46(26-24-44)48-30-35-52-53(38-48)54-39-49(42-17-8-3-9-18-42)31-36-56(54)60-57-22-12-21-55(58(52)57)59(51-34-29-43-19-10-11-20-47(43)37-51)50-32-27-45(28-33-50)41-15-6-2-7-16-41/h1-39H. The van der Waals surface area contributed by atoms with Gasteiger partial charge in [-0.3, -0.25) is 0 Å². The molecule has 10 aromatic rings. The Morgan fingerprint density at radius 3 is 1.40 bits per heavy atom. The van der Waals surface area contributed by atoms with Crippen molar-refractivity contribution in [2.75, 3.05) is 4.90 Å². The summed E-state index contributed by atoms with van der Waals surface area (Å²) in [5.74, 6) is 1.64. The summed E-state index contributed by atoms with van der Waals surface area (Å²) in [5.41, 5.74) is 16.9. The average Bonchev–Trinajstić information content (AvgIpc) is 3.47. The molecule has 1 heterocycles. The molecule has 0 saturated heterocycles. The highest BCUT2D eigenvalue weighted by Crippen LogP contribution is 2.54. The molecule has 0 spiro atoms. The summed E-state index contributed by atoms with van der Waals surface area (Å²) < 4.78 is 7.07.